The standard InChI is InChI=1S/C6H5F5O2/c1-3(12)2-4(13)5(7,8)6(9,10)11/h2,13H,1H3. The van der Waals surface area contributed by atoms with Crippen LogP contribution in [0.1, 0.15) is 6.92 Å². The highest BCUT2D eigenvalue weighted by molar-refractivity contribution is 5.87. The molecule has 2 nitrogen and oxygen atoms in total. The minimum absolute atomic E-state index is 0.173. The summed E-state index contributed by atoms with van der Waals surface area (Å²) in [5.41, 5.74) is 0. The summed E-state index contributed by atoms with van der Waals surface area (Å²) in [5, 5.41) is 8.25. The Morgan fingerprint density at radius 1 is 1.23 bits per heavy atom. The number of ketones is 1. The van der Waals surface area contributed by atoms with Crippen LogP contribution in [0.2, 0.25) is 0 Å². The Hall–Kier alpha value is -1.14. The largest absolute Gasteiger partial charge is 0.506 e. The zero-order chi connectivity index (χ0) is 10.9. The van der Waals surface area contributed by atoms with Gasteiger partial charge in [-0.1, -0.05) is 0 Å². The van der Waals surface area contributed by atoms with Gasteiger partial charge in [0.15, 0.2) is 11.5 Å². The van der Waals surface area contributed by atoms with Crippen molar-refractivity contribution in [2.24, 2.45) is 0 Å². The van der Waals surface area contributed by atoms with E-state index in [1.165, 1.54) is 0 Å². The van der Waals surface area contributed by atoms with Crippen molar-refractivity contribution < 1.29 is 31.9 Å². The molecule has 0 aromatic heterocycles. The molecule has 1 N–H and O–H groups in total. The summed E-state index contributed by atoms with van der Waals surface area (Å²) in [4.78, 5) is 10.1. The quantitative estimate of drug-likeness (QED) is 0.425. The van der Waals surface area contributed by atoms with Crippen LogP contribution in [-0.2, 0) is 4.79 Å². The molecule has 0 saturated heterocycles. The Bertz CT molecular complexity index is 240. The molecule has 7 heteroatoms. The van der Waals surface area contributed by atoms with Gasteiger partial charge in [-0.3, -0.25) is 4.79 Å². The van der Waals surface area contributed by atoms with Crippen molar-refractivity contribution in [2.45, 2.75) is 19.0 Å². The van der Waals surface area contributed by atoms with E-state index in [2.05, 4.69) is 0 Å². The van der Waals surface area contributed by atoms with Gasteiger partial charge in [-0.15, -0.1) is 0 Å². The number of carbonyl (C=O) groups excluding carboxylic acids is 1. The fourth-order valence-electron chi connectivity index (χ4n) is 0.428. The van der Waals surface area contributed by atoms with Crippen molar-refractivity contribution in [1.82, 2.24) is 0 Å². The molecule has 0 rings (SSSR count). The monoisotopic (exact) mass is 204 g/mol. The van der Waals surface area contributed by atoms with Crippen LogP contribution < -0.4 is 0 Å². The molecule has 0 aliphatic heterocycles. The fourth-order valence-corrected chi connectivity index (χ4v) is 0.428. The summed E-state index contributed by atoms with van der Waals surface area (Å²) >= 11 is 0. The van der Waals surface area contributed by atoms with Crippen molar-refractivity contribution >= 4 is 5.78 Å². The summed E-state index contributed by atoms with van der Waals surface area (Å²) in [6, 6.07) is 0. The van der Waals surface area contributed by atoms with E-state index in [-0.39, 0.29) is 6.08 Å². The number of halogens is 5. The Kier molecular flexibility index (Phi) is 3.02. The molecular weight excluding hydrogens is 199 g/mol. The van der Waals surface area contributed by atoms with Crippen LogP contribution in [0.3, 0.4) is 0 Å². The molecule has 0 aromatic rings. The maximum Gasteiger partial charge on any atom is 0.461 e. The molecular formula is C6H5F5O2. The van der Waals surface area contributed by atoms with Gasteiger partial charge < -0.3 is 5.11 Å². The van der Waals surface area contributed by atoms with Crippen LogP contribution in [-0.4, -0.2) is 23.0 Å². The number of allylic oxidation sites excluding steroid dienone is 2. The summed E-state index contributed by atoms with van der Waals surface area (Å²) < 4.78 is 58.6. The van der Waals surface area contributed by atoms with Crippen molar-refractivity contribution in [3.05, 3.63) is 11.8 Å². The Morgan fingerprint density at radius 2 is 1.62 bits per heavy atom. The molecule has 76 valence electrons. The Morgan fingerprint density at radius 3 is 1.85 bits per heavy atom. The van der Waals surface area contributed by atoms with Crippen molar-refractivity contribution in [3.63, 3.8) is 0 Å². The van der Waals surface area contributed by atoms with Gasteiger partial charge in [0, 0.05) is 6.08 Å². The molecule has 0 aliphatic carbocycles. The second-order valence-corrected chi connectivity index (χ2v) is 2.21. The van der Waals surface area contributed by atoms with E-state index in [1.54, 1.807) is 0 Å². The van der Waals surface area contributed by atoms with E-state index in [0.29, 0.717) is 0 Å². The van der Waals surface area contributed by atoms with E-state index in [0.717, 1.165) is 6.92 Å². The van der Waals surface area contributed by atoms with Gasteiger partial charge in [0.1, 0.15) is 0 Å². The lowest BCUT2D eigenvalue weighted by atomic mass is 10.2. The second-order valence-electron chi connectivity index (χ2n) is 2.21. The molecule has 0 unspecified atom stereocenters. The number of aliphatic hydroxyl groups excluding tert-OH is 1. The van der Waals surface area contributed by atoms with Gasteiger partial charge in [0.05, 0.1) is 0 Å². The van der Waals surface area contributed by atoms with Gasteiger partial charge in [0.2, 0.25) is 0 Å². The van der Waals surface area contributed by atoms with Crippen molar-refractivity contribution in [3.8, 4) is 0 Å². The SMILES string of the molecule is CC(=O)C=C(O)C(F)(F)C(F)(F)F. The highest BCUT2D eigenvalue weighted by atomic mass is 19.4. The van der Waals surface area contributed by atoms with Gasteiger partial charge in [-0.2, -0.15) is 22.0 Å². The minimum atomic E-state index is -5.90. The summed E-state index contributed by atoms with van der Waals surface area (Å²) in [6.45, 7) is 0.739. The van der Waals surface area contributed by atoms with Gasteiger partial charge in [-0.25, -0.2) is 0 Å². The maximum absolute atomic E-state index is 12.1. The summed E-state index contributed by atoms with van der Waals surface area (Å²) in [7, 11) is 0. The minimum Gasteiger partial charge on any atom is -0.506 e. The lowest BCUT2D eigenvalue weighted by molar-refractivity contribution is -0.274. The summed E-state index contributed by atoms with van der Waals surface area (Å²) in [6.07, 6.45) is -6.07. The number of carbonyl (C=O) groups is 1. The molecule has 0 amide bonds. The number of aliphatic hydroxyl groups is 1. The highest BCUT2D eigenvalue weighted by Gasteiger charge is 2.60. The predicted octanol–water partition coefficient (Wildman–Crippen LogP) is 2.21. The molecule has 0 bridgehead atoms. The third-order valence-corrected chi connectivity index (χ3v) is 1.02. The zero-order valence-corrected chi connectivity index (χ0v) is 6.32. The zero-order valence-electron chi connectivity index (χ0n) is 6.32. The van der Waals surface area contributed by atoms with Crippen molar-refractivity contribution in [2.75, 3.05) is 0 Å². The highest BCUT2D eigenvalue weighted by Crippen LogP contribution is 2.39. The Balaban J connectivity index is 4.95. The number of hydrogen-bond acceptors (Lipinski definition) is 2. The van der Waals surface area contributed by atoms with Crippen LogP contribution in [0.4, 0.5) is 22.0 Å². The first-order valence-electron chi connectivity index (χ1n) is 2.95. The molecule has 0 heterocycles. The van der Waals surface area contributed by atoms with Crippen LogP contribution >= 0.6 is 0 Å². The molecule has 0 aliphatic rings. The van der Waals surface area contributed by atoms with Crippen LogP contribution in [0, 0.1) is 0 Å². The fraction of sp³-hybridized carbons (Fsp3) is 0.500. The number of alkyl halides is 5. The van der Waals surface area contributed by atoms with Gasteiger partial charge in [-0.05, 0) is 6.92 Å². The molecule has 0 radical (unpaired) electrons. The lowest BCUT2D eigenvalue weighted by Gasteiger charge is -2.18. The van der Waals surface area contributed by atoms with Crippen LogP contribution in [0.25, 0.3) is 0 Å². The van der Waals surface area contributed by atoms with E-state index in [4.69, 9.17) is 5.11 Å². The summed E-state index contributed by atoms with van der Waals surface area (Å²) in [5.74, 6) is -8.77. The molecule has 0 fully saturated rings. The molecule has 0 spiro atoms. The van der Waals surface area contributed by atoms with E-state index < -0.39 is 23.6 Å². The van der Waals surface area contributed by atoms with E-state index in [1.807, 2.05) is 0 Å². The van der Waals surface area contributed by atoms with Crippen molar-refractivity contribution in [1.29, 1.82) is 0 Å². The average Bonchev–Trinajstić information content (AvgIpc) is 1.82. The van der Waals surface area contributed by atoms with Crippen LogP contribution in [0.5, 0.6) is 0 Å². The second kappa shape index (κ2) is 3.31. The van der Waals surface area contributed by atoms with Gasteiger partial charge in [0.25, 0.3) is 0 Å². The van der Waals surface area contributed by atoms with Crippen LogP contribution in [0.15, 0.2) is 11.8 Å². The molecule has 13 heavy (non-hydrogen) atoms. The average molecular weight is 204 g/mol. The molecule has 0 atom stereocenters. The van der Waals surface area contributed by atoms with Gasteiger partial charge >= 0.3 is 12.1 Å². The first kappa shape index (κ1) is 11.9. The first-order chi connectivity index (χ1) is 5.59. The maximum atomic E-state index is 12.1. The third-order valence-electron chi connectivity index (χ3n) is 1.02. The smallest absolute Gasteiger partial charge is 0.461 e. The molecule has 0 saturated carbocycles. The third kappa shape index (κ3) is 2.67. The molecule has 0 aromatic carbocycles. The lowest BCUT2D eigenvalue weighted by Crippen LogP contribution is -2.38. The number of rotatable bonds is 2. The first-order valence-corrected chi connectivity index (χ1v) is 2.95. The number of hydrogen-bond donors (Lipinski definition) is 1. The predicted molar refractivity (Wildman–Crippen MR) is 32.4 cm³/mol. The van der Waals surface area contributed by atoms with E-state index >= 15 is 0 Å². The van der Waals surface area contributed by atoms with E-state index in [9.17, 15) is 26.7 Å². The topological polar surface area (TPSA) is 37.3 Å². The normalized spacial score (nSPS) is 14.5. The Labute approximate surface area is 69.7 Å².